The first-order valence-electron chi connectivity index (χ1n) is 7.76. The third kappa shape index (κ3) is 5.13. The third-order valence-corrected chi connectivity index (χ3v) is 4.44. The summed E-state index contributed by atoms with van der Waals surface area (Å²) < 4.78 is 0. The summed E-state index contributed by atoms with van der Waals surface area (Å²) in [7, 11) is 2.17. The molecule has 118 valence electrons. The Morgan fingerprint density at radius 1 is 1.09 bits per heavy atom. The molecule has 2 aromatic carbocycles. The monoisotopic (exact) mass is 316 g/mol. The first kappa shape index (κ1) is 17.0. The molecule has 0 aliphatic heterocycles. The summed E-state index contributed by atoms with van der Waals surface area (Å²) in [5.74, 6) is 0. The molecule has 2 nitrogen and oxygen atoms in total. The fourth-order valence-electron chi connectivity index (χ4n) is 2.43. The second-order valence-electron chi connectivity index (χ2n) is 5.96. The summed E-state index contributed by atoms with van der Waals surface area (Å²) in [4.78, 5) is 2.37. The molecule has 0 fully saturated rings. The SMILES string of the molecule is Cc1cc(CNCC(C)N(C)Cc2ccccc2)ccc1Cl. The Kier molecular flexibility index (Phi) is 6.44. The van der Waals surface area contributed by atoms with Gasteiger partial charge in [0.15, 0.2) is 0 Å². The molecule has 22 heavy (non-hydrogen) atoms. The van der Waals surface area contributed by atoms with E-state index in [0.717, 1.165) is 30.2 Å². The topological polar surface area (TPSA) is 15.3 Å². The number of halogens is 1. The Morgan fingerprint density at radius 2 is 1.82 bits per heavy atom. The van der Waals surface area contributed by atoms with Crippen molar-refractivity contribution in [1.29, 1.82) is 0 Å². The van der Waals surface area contributed by atoms with Gasteiger partial charge in [-0.1, -0.05) is 54.1 Å². The minimum Gasteiger partial charge on any atom is -0.311 e. The number of aryl methyl sites for hydroxylation is 1. The van der Waals surface area contributed by atoms with Crippen LogP contribution in [0.1, 0.15) is 23.6 Å². The van der Waals surface area contributed by atoms with Crippen molar-refractivity contribution in [2.24, 2.45) is 0 Å². The minimum atomic E-state index is 0.480. The zero-order chi connectivity index (χ0) is 15.9. The average molecular weight is 317 g/mol. The van der Waals surface area contributed by atoms with Gasteiger partial charge in [-0.3, -0.25) is 4.90 Å². The highest BCUT2D eigenvalue weighted by molar-refractivity contribution is 6.31. The average Bonchev–Trinajstić information content (AvgIpc) is 2.51. The van der Waals surface area contributed by atoms with Gasteiger partial charge in [0.2, 0.25) is 0 Å². The Hall–Kier alpha value is -1.35. The molecule has 0 spiro atoms. The highest BCUT2D eigenvalue weighted by Gasteiger charge is 2.09. The predicted octanol–water partition coefficient (Wildman–Crippen LogP) is 4.26. The van der Waals surface area contributed by atoms with Gasteiger partial charge >= 0.3 is 0 Å². The number of nitrogens with one attached hydrogen (secondary N) is 1. The molecule has 1 unspecified atom stereocenters. The molecule has 0 bridgehead atoms. The number of hydrogen-bond donors (Lipinski definition) is 1. The van der Waals surface area contributed by atoms with Gasteiger partial charge in [-0.15, -0.1) is 0 Å². The van der Waals surface area contributed by atoms with Crippen LogP contribution in [0.3, 0.4) is 0 Å². The van der Waals surface area contributed by atoms with Crippen molar-refractivity contribution in [3.8, 4) is 0 Å². The fraction of sp³-hybridized carbons (Fsp3) is 0.368. The van der Waals surface area contributed by atoms with E-state index in [1.807, 2.05) is 13.0 Å². The van der Waals surface area contributed by atoms with E-state index >= 15 is 0 Å². The maximum Gasteiger partial charge on any atom is 0.0435 e. The van der Waals surface area contributed by atoms with Crippen LogP contribution >= 0.6 is 11.6 Å². The van der Waals surface area contributed by atoms with Gasteiger partial charge in [0, 0.05) is 30.7 Å². The van der Waals surface area contributed by atoms with Gasteiger partial charge in [-0.2, -0.15) is 0 Å². The molecule has 0 heterocycles. The molecule has 0 aliphatic rings. The zero-order valence-corrected chi connectivity index (χ0v) is 14.4. The van der Waals surface area contributed by atoms with E-state index in [2.05, 4.69) is 66.7 Å². The lowest BCUT2D eigenvalue weighted by molar-refractivity contribution is 0.242. The Bertz CT molecular complexity index is 583. The van der Waals surface area contributed by atoms with Gasteiger partial charge in [0.25, 0.3) is 0 Å². The Labute approximate surface area is 139 Å². The van der Waals surface area contributed by atoms with Crippen molar-refractivity contribution >= 4 is 11.6 Å². The van der Waals surface area contributed by atoms with Crippen molar-refractivity contribution in [2.75, 3.05) is 13.6 Å². The molecule has 0 radical (unpaired) electrons. The normalized spacial score (nSPS) is 12.6. The van der Waals surface area contributed by atoms with E-state index in [1.165, 1.54) is 11.1 Å². The van der Waals surface area contributed by atoms with Crippen molar-refractivity contribution in [3.05, 3.63) is 70.2 Å². The van der Waals surface area contributed by atoms with E-state index in [0.29, 0.717) is 6.04 Å². The maximum atomic E-state index is 6.06. The standard InChI is InChI=1S/C19H25ClN2/c1-15-11-18(9-10-19(15)20)13-21-12-16(2)22(3)14-17-7-5-4-6-8-17/h4-11,16,21H,12-14H2,1-3H3. The van der Waals surface area contributed by atoms with Crippen LogP contribution in [0.2, 0.25) is 5.02 Å². The van der Waals surface area contributed by atoms with E-state index in [-0.39, 0.29) is 0 Å². The maximum absolute atomic E-state index is 6.06. The van der Waals surface area contributed by atoms with Gasteiger partial charge in [0.1, 0.15) is 0 Å². The van der Waals surface area contributed by atoms with Gasteiger partial charge in [-0.25, -0.2) is 0 Å². The molecule has 0 aliphatic carbocycles. The molecule has 0 saturated heterocycles. The van der Waals surface area contributed by atoms with Crippen LogP contribution in [-0.2, 0) is 13.1 Å². The fourth-order valence-corrected chi connectivity index (χ4v) is 2.54. The Balaban J connectivity index is 1.77. The molecule has 1 N–H and O–H groups in total. The van der Waals surface area contributed by atoms with Crippen LogP contribution < -0.4 is 5.32 Å². The van der Waals surface area contributed by atoms with E-state index in [9.17, 15) is 0 Å². The lowest BCUT2D eigenvalue weighted by atomic mass is 10.1. The smallest absolute Gasteiger partial charge is 0.0435 e. The van der Waals surface area contributed by atoms with E-state index < -0.39 is 0 Å². The molecule has 1 atom stereocenters. The number of hydrogen-bond acceptors (Lipinski definition) is 2. The van der Waals surface area contributed by atoms with Crippen molar-refractivity contribution in [2.45, 2.75) is 33.0 Å². The van der Waals surface area contributed by atoms with Crippen LogP contribution in [0.5, 0.6) is 0 Å². The number of benzene rings is 2. The molecule has 0 aromatic heterocycles. The second-order valence-corrected chi connectivity index (χ2v) is 6.37. The summed E-state index contributed by atoms with van der Waals surface area (Å²) >= 11 is 6.06. The lowest BCUT2D eigenvalue weighted by Gasteiger charge is -2.25. The van der Waals surface area contributed by atoms with Crippen LogP contribution in [0.15, 0.2) is 48.5 Å². The van der Waals surface area contributed by atoms with E-state index in [1.54, 1.807) is 0 Å². The second kappa shape index (κ2) is 8.33. The van der Waals surface area contributed by atoms with Crippen LogP contribution in [0, 0.1) is 6.92 Å². The third-order valence-electron chi connectivity index (χ3n) is 4.02. The summed E-state index contributed by atoms with van der Waals surface area (Å²) in [5.41, 5.74) is 3.76. The largest absolute Gasteiger partial charge is 0.311 e. The first-order valence-corrected chi connectivity index (χ1v) is 8.14. The summed E-state index contributed by atoms with van der Waals surface area (Å²) in [6.07, 6.45) is 0. The molecule has 0 amide bonds. The number of rotatable bonds is 7. The molecule has 2 rings (SSSR count). The Morgan fingerprint density at radius 3 is 2.50 bits per heavy atom. The molecule has 2 aromatic rings. The highest BCUT2D eigenvalue weighted by atomic mass is 35.5. The van der Waals surface area contributed by atoms with Gasteiger partial charge in [-0.05, 0) is 43.7 Å². The summed E-state index contributed by atoms with van der Waals surface area (Å²) in [5, 5.41) is 4.36. The van der Waals surface area contributed by atoms with Gasteiger partial charge in [0.05, 0.1) is 0 Å². The summed E-state index contributed by atoms with van der Waals surface area (Å²) in [6.45, 7) is 7.11. The van der Waals surface area contributed by atoms with Crippen LogP contribution in [-0.4, -0.2) is 24.5 Å². The minimum absolute atomic E-state index is 0.480. The van der Waals surface area contributed by atoms with Crippen molar-refractivity contribution < 1.29 is 0 Å². The molecular formula is C19H25ClN2. The lowest BCUT2D eigenvalue weighted by Crippen LogP contribution is -2.37. The highest BCUT2D eigenvalue weighted by Crippen LogP contribution is 2.16. The van der Waals surface area contributed by atoms with Crippen molar-refractivity contribution in [3.63, 3.8) is 0 Å². The quantitative estimate of drug-likeness (QED) is 0.821. The molecule has 0 saturated carbocycles. The van der Waals surface area contributed by atoms with Crippen LogP contribution in [0.4, 0.5) is 0 Å². The van der Waals surface area contributed by atoms with Crippen molar-refractivity contribution in [1.82, 2.24) is 10.2 Å². The number of nitrogens with zero attached hydrogens (tertiary/aromatic N) is 1. The van der Waals surface area contributed by atoms with E-state index in [4.69, 9.17) is 11.6 Å². The predicted molar refractivity (Wildman–Crippen MR) is 95.3 cm³/mol. The van der Waals surface area contributed by atoms with Gasteiger partial charge < -0.3 is 5.32 Å². The number of likely N-dealkylation sites (N-methyl/N-ethyl adjacent to an activating group) is 1. The molecular weight excluding hydrogens is 292 g/mol. The van der Waals surface area contributed by atoms with Crippen LogP contribution in [0.25, 0.3) is 0 Å². The first-order chi connectivity index (χ1) is 10.6. The summed E-state index contributed by atoms with van der Waals surface area (Å²) in [6, 6.07) is 17.3. The molecule has 3 heteroatoms. The zero-order valence-electron chi connectivity index (χ0n) is 13.6.